The SMILES string of the molecule is CC(C)(Br)C(=O)Br.CC(C)(Br)C(=O)OCCC[Si](C)(C)Cl.CCO[Si](CCCOC(=O)C(C)(C)Br)(OCC)OCC. The van der Waals surface area contributed by atoms with Gasteiger partial charge in [0.2, 0.25) is 4.69 Å². The van der Waals surface area contributed by atoms with E-state index in [0.717, 1.165) is 12.5 Å². The Bertz CT molecular complexity index is 733. The van der Waals surface area contributed by atoms with Crippen LogP contribution in [0.3, 0.4) is 0 Å². The van der Waals surface area contributed by atoms with Crippen LogP contribution in [0.2, 0.25) is 25.2 Å². The second kappa shape index (κ2) is 22.6. The largest absolute Gasteiger partial charge is 0.501 e. The minimum atomic E-state index is -2.62. The minimum absolute atomic E-state index is 0.0278. The molecule has 0 bridgehead atoms. The van der Waals surface area contributed by atoms with Crippen LogP contribution in [0.15, 0.2) is 0 Å². The van der Waals surface area contributed by atoms with Crippen molar-refractivity contribution in [1.82, 2.24) is 0 Å². The van der Waals surface area contributed by atoms with E-state index in [-0.39, 0.29) is 16.6 Å². The molecule has 0 aromatic heterocycles. The summed E-state index contributed by atoms with van der Waals surface area (Å²) >= 11 is 18.6. The summed E-state index contributed by atoms with van der Waals surface area (Å²) in [5.41, 5.74) is 0. The van der Waals surface area contributed by atoms with Crippen LogP contribution in [0.5, 0.6) is 0 Å². The first-order valence-corrected chi connectivity index (χ1v) is 22.9. The molecule has 0 aliphatic rings. The zero-order chi connectivity index (χ0) is 33.1. The molecule has 0 rings (SSSR count). The standard InChI is InChI=1S/C13H27BrO5Si.C9H18BrClO2Si.C4H6Br2O/c1-6-17-20(18-7-2,19-8-3)11-9-10-16-12(15)13(4,5)14;1-9(2,10)8(12)13-6-5-7-14(3,4)11;1-4(2,6)3(5)7/h6-11H2,1-5H3;5-7H2,1-4H3;1-2H3. The molecule has 0 fully saturated rings. The Hall–Kier alpha value is 1.13. The Labute approximate surface area is 289 Å². The van der Waals surface area contributed by atoms with Crippen molar-refractivity contribution in [3.05, 3.63) is 0 Å². The molecule has 41 heavy (non-hydrogen) atoms. The van der Waals surface area contributed by atoms with Crippen molar-refractivity contribution < 1.29 is 37.1 Å². The van der Waals surface area contributed by atoms with Gasteiger partial charge in [-0.2, -0.15) is 11.1 Å². The molecule has 0 saturated carbocycles. The summed E-state index contributed by atoms with van der Waals surface area (Å²) in [4.78, 5) is 33.2. The number of hydrogen-bond donors (Lipinski definition) is 0. The van der Waals surface area contributed by atoms with E-state index in [2.05, 4.69) is 76.8 Å². The maximum Gasteiger partial charge on any atom is 0.501 e. The number of carbonyl (C=O) groups is 3. The second-order valence-corrected chi connectivity index (χ2v) is 27.3. The average Bonchev–Trinajstić information content (AvgIpc) is 2.78. The Morgan fingerprint density at radius 1 is 0.659 bits per heavy atom. The maximum absolute atomic E-state index is 11.6. The number of alkyl halides is 3. The molecule has 0 heterocycles. The van der Waals surface area contributed by atoms with Gasteiger partial charge in [-0.15, -0.1) is 0 Å². The zero-order valence-corrected chi connectivity index (χ0v) is 35.6. The fraction of sp³-hybridized carbons (Fsp3) is 0.885. The maximum atomic E-state index is 11.6. The van der Waals surface area contributed by atoms with Gasteiger partial charge >= 0.3 is 20.7 Å². The summed E-state index contributed by atoms with van der Waals surface area (Å²) in [6.45, 7) is 23.1. The lowest BCUT2D eigenvalue weighted by molar-refractivity contribution is -0.146. The average molecular weight is 903 g/mol. The van der Waals surface area contributed by atoms with Crippen molar-refractivity contribution in [3.8, 4) is 0 Å². The number of ether oxygens (including phenoxy) is 2. The first-order chi connectivity index (χ1) is 18.4. The third-order valence-corrected chi connectivity index (χ3v) is 12.3. The quantitative estimate of drug-likeness (QED) is 0.0357. The number of esters is 2. The smallest absolute Gasteiger partial charge is 0.465 e. The van der Waals surface area contributed by atoms with Gasteiger partial charge in [-0.25, -0.2) is 0 Å². The van der Waals surface area contributed by atoms with Crippen molar-refractivity contribution in [2.75, 3.05) is 33.0 Å². The van der Waals surface area contributed by atoms with E-state index in [1.54, 1.807) is 41.5 Å². The van der Waals surface area contributed by atoms with Gasteiger partial charge in [-0.1, -0.05) is 60.9 Å². The monoisotopic (exact) mass is 898 g/mol. The van der Waals surface area contributed by atoms with Crippen LogP contribution in [0, 0.1) is 0 Å². The van der Waals surface area contributed by atoms with Crippen molar-refractivity contribution in [1.29, 1.82) is 0 Å². The molecule has 0 N–H and O–H groups in total. The van der Waals surface area contributed by atoms with Crippen molar-refractivity contribution in [2.24, 2.45) is 0 Å². The van der Waals surface area contributed by atoms with E-state index in [1.165, 1.54) is 0 Å². The summed E-state index contributed by atoms with van der Waals surface area (Å²) in [7, 11) is -4.12. The Balaban J connectivity index is -0.000000594. The second-order valence-electron chi connectivity index (χ2n) is 10.9. The van der Waals surface area contributed by atoms with Crippen molar-refractivity contribution >= 4 is 108 Å². The molecule has 0 aliphatic carbocycles. The van der Waals surface area contributed by atoms with Gasteiger partial charge in [0.1, 0.15) is 8.65 Å². The summed E-state index contributed by atoms with van der Waals surface area (Å²) < 4.78 is 25.8. The molecule has 0 radical (unpaired) electrons. The fourth-order valence-corrected chi connectivity index (χ4v) is 6.65. The highest BCUT2D eigenvalue weighted by molar-refractivity contribution is 9.20. The third-order valence-electron chi connectivity index (χ3n) is 4.54. The van der Waals surface area contributed by atoms with E-state index >= 15 is 0 Å². The predicted octanol–water partition coefficient (Wildman–Crippen LogP) is 8.76. The Kier molecular flexibility index (Phi) is 25.7. The van der Waals surface area contributed by atoms with Crippen molar-refractivity contribution in [3.63, 3.8) is 0 Å². The van der Waals surface area contributed by atoms with E-state index < -0.39 is 29.2 Å². The van der Waals surface area contributed by atoms with Crippen LogP contribution in [-0.2, 0) is 37.1 Å². The van der Waals surface area contributed by atoms with Crippen LogP contribution in [0.25, 0.3) is 0 Å². The third kappa shape index (κ3) is 28.4. The first-order valence-electron chi connectivity index (χ1n) is 13.6. The van der Waals surface area contributed by atoms with Crippen LogP contribution >= 0.6 is 74.8 Å². The van der Waals surface area contributed by atoms with E-state index in [4.69, 9.17) is 33.8 Å². The topological polar surface area (TPSA) is 97.4 Å². The van der Waals surface area contributed by atoms with Gasteiger partial charge in [-0.05, 0) is 97.1 Å². The van der Waals surface area contributed by atoms with Crippen molar-refractivity contribution in [2.45, 2.75) is 113 Å². The van der Waals surface area contributed by atoms with Gasteiger partial charge in [0.15, 0.2) is 7.38 Å². The molecular weight excluding hydrogens is 852 g/mol. The molecule has 0 saturated heterocycles. The van der Waals surface area contributed by atoms with Gasteiger partial charge in [0.25, 0.3) is 0 Å². The normalized spacial score (nSPS) is 12.4. The Morgan fingerprint density at radius 3 is 1.17 bits per heavy atom. The van der Waals surface area contributed by atoms with Gasteiger partial charge in [0.05, 0.1) is 17.5 Å². The lowest BCUT2D eigenvalue weighted by atomic mass is 10.2. The van der Waals surface area contributed by atoms with Gasteiger partial charge in [-0.3, -0.25) is 14.4 Å². The number of carbonyl (C=O) groups excluding carboxylic acids is 3. The number of rotatable bonds is 17. The van der Waals surface area contributed by atoms with E-state index in [1.807, 2.05) is 20.8 Å². The fourth-order valence-electron chi connectivity index (χ4n) is 2.46. The zero-order valence-electron chi connectivity index (χ0n) is 26.5. The summed E-state index contributed by atoms with van der Waals surface area (Å²) in [6, 6.07) is 1.63. The highest BCUT2D eigenvalue weighted by atomic mass is 79.9. The molecule has 0 spiro atoms. The molecule has 8 nitrogen and oxygen atoms in total. The summed E-state index contributed by atoms with van der Waals surface area (Å²) in [6.07, 6.45) is 1.53. The highest BCUT2D eigenvalue weighted by Crippen LogP contribution is 2.22. The lowest BCUT2D eigenvalue weighted by Gasteiger charge is -2.28. The predicted molar refractivity (Wildman–Crippen MR) is 188 cm³/mol. The summed E-state index contributed by atoms with van der Waals surface area (Å²) in [5.74, 6) is -0.486. The number of hydrogen-bond acceptors (Lipinski definition) is 8. The minimum Gasteiger partial charge on any atom is -0.465 e. The summed E-state index contributed by atoms with van der Waals surface area (Å²) in [5, 5.41) is 0. The molecule has 0 amide bonds. The molecule has 0 atom stereocenters. The van der Waals surface area contributed by atoms with Crippen LogP contribution in [0.1, 0.15) is 75.2 Å². The van der Waals surface area contributed by atoms with Crippen LogP contribution < -0.4 is 0 Å². The molecule has 0 aromatic carbocycles. The highest BCUT2D eigenvalue weighted by Gasteiger charge is 2.40. The van der Waals surface area contributed by atoms with E-state index in [9.17, 15) is 14.4 Å². The molecule has 0 aromatic rings. The van der Waals surface area contributed by atoms with Gasteiger partial charge < -0.3 is 22.8 Å². The van der Waals surface area contributed by atoms with Crippen LogP contribution in [0.4, 0.5) is 0 Å². The lowest BCUT2D eigenvalue weighted by Crippen LogP contribution is -2.46. The molecule has 0 unspecified atom stereocenters. The number of halogens is 5. The van der Waals surface area contributed by atoms with E-state index in [0.29, 0.717) is 45.5 Å². The molecule has 15 heteroatoms. The first kappa shape index (κ1) is 46.6. The molecular formula is C26H51Br4ClO8Si2. The Morgan fingerprint density at radius 2 is 0.951 bits per heavy atom. The molecule has 246 valence electrons. The molecule has 0 aliphatic heterocycles. The van der Waals surface area contributed by atoms with Gasteiger partial charge in [0, 0.05) is 25.9 Å². The van der Waals surface area contributed by atoms with Crippen LogP contribution in [-0.4, -0.2) is 78.8 Å².